The maximum atomic E-state index is 11.3. The Bertz CT molecular complexity index is 507. The number of carboxylic acid groups (broad SMARTS) is 1. The fraction of sp³-hybridized carbons (Fsp3) is 0.250. The van der Waals surface area contributed by atoms with E-state index in [4.69, 9.17) is 0 Å². The number of carbonyl (C=O) groups is 1. The smallest absolute Gasteiger partial charge is 0.311 e. The predicted octanol–water partition coefficient (Wildman–Crippen LogP) is 1.23. The standard InChI is InChI=1S/C12H13N3O2/c1-15-10(8-13-14-15)7-11(12(16)17)9-5-3-2-4-6-9/h2-6,8,11H,7H2,1H3,(H,16,17). The summed E-state index contributed by atoms with van der Waals surface area (Å²) in [6, 6.07) is 9.19. The van der Waals surface area contributed by atoms with Crippen LogP contribution in [0.25, 0.3) is 0 Å². The number of aryl methyl sites for hydroxylation is 1. The van der Waals surface area contributed by atoms with E-state index in [1.54, 1.807) is 17.9 Å². The Hall–Kier alpha value is -2.17. The zero-order chi connectivity index (χ0) is 12.3. The minimum Gasteiger partial charge on any atom is -0.481 e. The van der Waals surface area contributed by atoms with Crippen LogP contribution in [-0.2, 0) is 18.3 Å². The number of nitrogens with zero attached hydrogens (tertiary/aromatic N) is 3. The molecule has 5 nitrogen and oxygen atoms in total. The largest absolute Gasteiger partial charge is 0.481 e. The first-order valence-electron chi connectivity index (χ1n) is 5.30. The maximum absolute atomic E-state index is 11.3. The van der Waals surface area contributed by atoms with Crippen molar-refractivity contribution in [2.45, 2.75) is 12.3 Å². The van der Waals surface area contributed by atoms with Gasteiger partial charge in [-0.2, -0.15) is 0 Å². The van der Waals surface area contributed by atoms with Gasteiger partial charge in [0, 0.05) is 13.5 Å². The van der Waals surface area contributed by atoms with E-state index in [2.05, 4.69) is 10.3 Å². The van der Waals surface area contributed by atoms with Crippen molar-refractivity contribution in [3.63, 3.8) is 0 Å². The summed E-state index contributed by atoms with van der Waals surface area (Å²) in [5.74, 6) is -1.40. The van der Waals surface area contributed by atoms with Crippen molar-refractivity contribution in [1.82, 2.24) is 15.0 Å². The summed E-state index contributed by atoms with van der Waals surface area (Å²) in [7, 11) is 1.76. The van der Waals surface area contributed by atoms with Crippen LogP contribution in [0.5, 0.6) is 0 Å². The Morgan fingerprint density at radius 1 is 1.41 bits per heavy atom. The molecule has 1 unspecified atom stereocenters. The van der Waals surface area contributed by atoms with Gasteiger partial charge in [0.1, 0.15) is 0 Å². The SMILES string of the molecule is Cn1nncc1CC(C(=O)O)c1ccccc1. The lowest BCUT2D eigenvalue weighted by molar-refractivity contribution is -0.138. The molecule has 0 aliphatic rings. The number of hydrogen-bond donors (Lipinski definition) is 1. The second-order valence-corrected chi connectivity index (χ2v) is 3.85. The monoisotopic (exact) mass is 231 g/mol. The molecule has 0 aliphatic carbocycles. The first-order valence-corrected chi connectivity index (χ1v) is 5.30. The van der Waals surface area contributed by atoms with Crippen molar-refractivity contribution in [3.05, 3.63) is 47.8 Å². The van der Waals surface area contributed by atoms with Gasteiger partial charge in [-0.05, 0) is 5.56 Å². The molecule has 5 heteroatoms. The van der Waals surface area contributed by atoms with Gasteiger partial charge in [0.05, 0.1) is 17.8 Å². The summed E-state index contributed by atoms with van der Waals surface area (Å²) in [5, 5.41) is 16.8. The van der Waals surface area contributed by atoms with Crippen molar-refractivity contribution in [3.8, 4) is 0 Å². The lowest BCUT2D eigenvalue weighted by Crippen LogP contribution is -2.16. The third-order valence-corrected chi connectivity index (χ3v) is 2.72. The van der Waals surface area contributed by atoms with Gasteiger partial charge in [0.2, 0.25) is 0 Å². The maximum Gasteiger partial charge on any atom is 0.311 e. The summed E-state index contributed by atoms with van der Waals surface area (Å²) >= 11 is 0. The highest BCUT2D eigenvalue weighted by molar-refractivity contribution is 5.76. The number of aliphatic carboxylic acids is 1. The number of carboxylic acids is 1. The third-order valence-electron chi connectivity index (χ3n) is 2.72. The van der Waals surface area contributed by atoms with Crippen molar-refractivity contribution in [2.75, 3.05) is 0 Å². The molecule has 0 fully saturated rings. The van der Waals surface area contributed by atoms with E-state index < -0.39 is 11.9 Å². The Labute approximate surface area is 98.7 Å². The van der Waals surface area contributed by atoms with E-state index in [1.807, 2.05) is 30.3 Å². The molecule has 1 heterocycles. The van der Waals surface area contributed by atoms with Gasteiger partial charge < -0.3 is 5.11 Å². The lowest BCUT2D eigenvalue weighted by Gasteiger charge is -2.12. The van der Waals surface area contributed by atoms with Crippen molar-refractivity contribution in [1.29, 1.82) is 0 Å². The van der Waals surface area contributed by atoms with E-state index in [1.165, 1.54) is 0 Å². The van der Waals surface area contributed by atoms with Crippen LogP contribution in [0.2, 0.25) is 0 Å². The molecular weight excluding hydrogens is 218 g/mol. The van der Waals surface area contributed by atoms with Gasteiger partial charge in [-0.3, -0.25) is 9.48 Å². The van der Waals surface area contributed by atoms with E-state index in [0.29, 0.717) is 6.42 Å². The van der Waals surface area contributed by atoms with Gasteiger partial charge in [0.25, 0.3) is 0 Å². The number of aromatic nitrogens is 3. The minimum atomic E-state index is -0.836. The van der Waals surface area contributed by atoms with Crippen molar-refractivity contribution in [2.24, 2.45) is 7.05 Å². The van der Waals surface area contributed by atoms with E-state index in [-0.39, 0.29) is 0 Å². The summed E-state index contributed by atoms with van der Waals surface area (Å²) in [6.45, 7) is 0. The van der Waals surface area contributed by atoms with E-state index in [0.717, 1.165) is 11.3 Å². The molecule has 1 atom stereocenters. The lowest BCUT2D eigenvalue weighted by atomic mass is 9.94. The first kappa shape index (κ1) is 11.3. The van der Waals surface area contributed by atoms with Crippen LogP contribution in [0, 0.1) is 0 Å². The molecule has 1 aromatic heterocycles. The Morgan fingerprint density at radius 3 is 2.65 bits per heavy atom. The average Bonchev–Trinajstić information content (AvgIpc) is 2.72. The minimum absolute atomic E-state index is 0.392. The van der Waals surface area contributed by atoms with Gasteiger partial charge in [-0.1, -0.05) is 35.5 Å². The van der Waals surface area contributed by atoms with Crippen LogP contribution in [0.4, 0.5) is 0 Å². The highest BCUT2D eigenvalue weighted by atomic mass is 16.4. The molecule has 2 rings (SSSR count). The molecule has 2 aromatic rings. The van der Waals surface area contributed by atoms with Gasteiger partial charge >= 0.3 is 5.97 Å². The molecule has 1 N–H and O–H groups in total. The predicted molar refractivity (Wildman–Crippen MR) is 61.5 cm³/mol. The van der Waals surface area contributed by atoms with Crippen LogP contribution in [-0.4, -0.2) is 26.1 Å². The zero-order valence-electron chi connectivity index (χ0n) is 9.45. The molecule has 88 valence electrons. The molecule has 17 heavy (non-hydrogen) atoms. The highest BCUT2D eigenvalue weighted by Crippen LogP contribution is 2.20. The summed E-state index contributed by atoms with van der Waals surface area (Å²) in [6.07, 6.45) is 1.99. The molecule has 1 aromatic carbocycles. The Balaban J connectivity index is 2.26. The summed E-state index contributed by atoms with van der Waals surface area (Å²) < 4.78 is 1.60. The second kappa shape index (κ2) is 4.78. The molecular formula is C12H13N3O2. The van der Waals surface area contributed by atoms with Crippen LogP contribution >= 0.6 is 0 Å². The number of rotatable bonds is 4. The Morgan fingerprint density at radius 2 is 2.12 bits per heavy atom. The first-order chi connectivity index (χ1) is 8.18. The molecule has 0 aliphatic heterocycles. The summed E-state index contributed by atoms with van der Waals surface area (Å²) in [5.41, 5.74) is 1.60. The van der Waals surface area contributed by atoms with Crippen LogP contribution in [0.15, 0.2) is 36.5 Å². The van der Waals surface area contributed by atoms with Crippen LogP contribution in [0.3, 0.4) is 0 Å². The normalized spacial score (nSPS) is 12.3. The molecule has 0 saturated heterocycles. The molecule has 0 bridgehead atoms. The fourth-order valence-electron chi connectivity index (χ4n) is 1.74. The van der Waals surface area contributed by atoms with E-state index in [9.17, 15) is 9.90 Å². The van der Waals surface area contributed by atoms with Gasteiger partial charge in [0.15, 0.2) is 0 Å². The van der Waals surface area contributed by atoms with E-state index >= 15 is 0 Å². The van der Waals surface area contributed by atoms with Gasteiger partial charge in [-0.15, -0.1) is 5.10 Å². The van der Waals surface area contributed by atoms with Crippen LogP contribution < -0.4 is 0 Å². The van der Waals surface area contributed by atoms with Gasteiger partial charge in [-0.25, -0.2) is 0 Å². The average molecular weight is 231 g/mol. The molecule has 0 saturated carbocycles. The second-order valence-electron chi connectivity index (χ2n) is 3.85. The Kier molecular flexibility index (Phi) is 3.18. The summed E-state index contributed by atoms with van der Waals surface area (Å²) in [4.78, 5) is 11.3. The van der Waals surface area contributed by atoms with Crippen molar-refractivity contribution >= 4 is 5.97 Å². The molecule has 0 spiro atoms. The quantitative estimate of drug-likeness (QED) is 0.859. The van der Waals surface area contributed by atoms with Crippen molar-refractivity contribution < 1.29 is 9.90 Å². The number of benzene rings is 1. The zero-order valence-corrected chi connectivity index (χ0v) is 9.45. The van der Waals surface area contributed by atoms with Crippen LogP contribution in [0.1, 0.15) is 17.2 Å². The third kappa shape index (κ3) is 2.50. The number of hydrogen-bond acceptors (Lipinski definition) is 3. The molecule has 0 amide bonds. The fourth-order valence-corrected chi connectivity index (χ4v) is 1.74. The topological polar surface area (TPSA) is 68.0 Å². The molecule has 0 radical (unpaired) electrons. The highest BCUT2D eigenvalue weighted by Gasteiger charge is 2.21.